The average Bonchev–Trinajstić information content (AvgIpc) is 2.81. The van der Waals surface area contributed by atoms with Crippen molar-refractivity contribution in [3.8, 4) is 17.4 Å². The normalized spacial score (nSPS) is 13.4. The van der Waals surface area contributed by atoms with Crippen LogP contribution in [-0.2, 0) is 9.59 Å². The number of benzene rings is 2. The fourth-order valence-electron chi connectivity index (χ4n) is 3.20. The number of nitrogens with zero attached hydrogens (tertiary/aromatic N) is 3. The van der Waals surface area contributed by atoms with E-state index in [4.69, 9.17) is 9.47 Å². The van der Waals surface area contributed by atoms with Crippen LogP contribution in [0.4, 0.5) is 11.4 Å². The predicted molar refractivity (Wildman–Crippen MR) is 121 cm³/mol. The third-order valence-electron chi connectivity index (χ3n) is 4.83. The van der Waals surface area contributed by atoms with E-state index < -0.39 is 5.91 Å². The van der Waals surface area contributed by atoms with Crippen LogP contribution in [0.25, 0.3) is 0 Å². The van der Waals surface area contributed by atoms with Crippen LogP contribution in [0.2, 0.25) is 0 Å². The number of pyridine rings is 1. The van der Waals surface area contributed by atoms with E-state index in [1.165, 1.54) is 5.01 Å². The lowest BCUT2D eigenvalue weighted by Gasteiger charge is -2.23. The molecule has 0 fully saturated rings. The Morgan fingerprint density at radius 2 is 1.81 bits per heavy atom. The maximum absolute atomic E-state index is 12.9. The van der Waals surface area contributed by atoms with Gasteiger partial charge in [0.1, 0.15) is 22.9 Å². The number of methoxy groups -OCH3 is 1. The third-order valence-corrected chi connectivity index (χ3v) is 4.83. The summed E-state index contributed by atoms with van der Waals surface area (Å²) in [5, 5.41) is 8.40. The van der Waals surface area contributed by atoms with Crippen molar-refractivity contribution in [1.82, 2.24) is 4.98 Å². The van der Waals surface area contributed by atoms with Crippen molar-refractivity contribution >= 4 is 28.9 Å². The summed E-state index contributed by atoms with van der Waals surface area (Å²) in [7, 11) is 1.59. The largest absolute Gasteiger partial charge is 0.497 e. The molecule has 0 unspecified atom stereocenters. The molecule has 0 bridgehead atoms. The molecule has 8 heteroatoms. The number of hydrazone groups is 1. The zero-order valence-electron chi connectivity index (χ0n) is 17.7. The molecule has 1 aliphatic rings. The van der Waals surface area contributed by atoms with E-state index in [2.05, 4.69) is 15.4 Å². The van der Waals surface area contributed by atoms with Crippen molar-refractivity contribution in [3.05, 3.63) is 72.4 Å². The lowest BCUT2D eigenvalue weighted by Crippen LogP contribution is -2.36. The molecule has 0 radical (unpaired) electrons. The summed E-state index contributed by atoms with van der Waals surface area (Å²) in [6.45, 7) is 1.93. The Balaban J connectivity index is 1.53. The van der Waals surface area contributed by atoms with Crippen LogP contribution in [0.3, 0.4) is 0 Å². The predicted octanol–water partition coefficient (Wildman–Crippen LogP) is 4.31. The maximum Gasteiger partial charge on any atom is 0.272 e. The molecule has 1 aliphatic heterocycles. The third kappa shape index (κ3) is 4.75. The molecule has 0 aliphatic carbocycles. The molecule has 3 aromatic rings. The van der Waals surface area contributed by atoms with Gasteiger partial charge in [0.05, 0.1) is 12.8 Å². The monoisotopic (exact) mass is 430 g/mol. The highest BCUT2D eigenvalue weighted by molar-refractivity contribution is 6.44. The summed E-state index contributed by atoms with van der Waals surface area (Å²) in [4.78, 5) is 29.5. The van der Waals surface area contributed by atoms with Gasteiger partial charge in [0.25, 0.3) is 5.91 Å². The second kappa shape index (κ2) is 9.30. The Labute approximate surface area is 185 Å². The fourth-order valence-corrected chi connectivity index (χ4v) is 3.20. The van der Waals surface area contributed by atoms with Crippen molar-refractivity contribution in [2.75, 3.05) is 17.4 Å². The molecule has 0 saturated carbocycles. The van der Waals surface area contributed by atoms with Gasteiger partial charge in [-0.05, 0) is 61.0 Å². The van der Waals surface area contributed by atoms with Gasteiger partial charge in [0.2, 0.25) is 11.8 Å². The van der Waals surface area contributed by atoms with Gasteiger partial charge in [-0.25, -0.2) is 9.99 Å². The van der Waals surface area contributed by atoms with Gasteiger partial charge in [-0.3, -0.25) is 9.59 Å². The molecule has 1 N–H and O–H groups in total. The summed E-state index contributed by atoms with van der Waals surface area (Å²) < 4.78 is 11.0. The summed E-state index contributed by atoms with van der Waals surface area (Å²) in [5.41, 5.74) is 2.28. The highest BCUT2D eigenvalue weighted by Gasteiger charge is 2.26. The number of amides is 2. The molecular formula is C24H22N4O4. The Hall–Kier alpha value is -4.20. The van der Waals surface area contributed by atoms with Gasteiger partial charge in [-0.15, -0.1) is 0 Å². The Bertz CT molecular complexity index is 1170. The number of hydrogen-bond acceptors (Lipinski definition) is 6. The van der Waals surface area contributed by atoms with Crippen molar-refractivity contribution in [2.24, 2.45) is 5.10 Å². The molecule has 2 heterocycles. The van der Waals surface area contributed by atoms with E-state index in [0.29, 0.717) is 22.9 Å². The quantitative estimate of drug-likeness (QED) is 0.629. The zero-order chi connectivity index (χ0) is 22.5. The number of carbonyl (C=O) groups is 2. The zero-order valence-corrected chi connectivity index (χ0v) is 17.7. The van der Waals surface area contributed by atoms with E-state index in [0.717, 1.165) is 5.56 Å². The van der Waals surface area contributed by atoms with Gasteiger partial charge >= 0.3 is 0 Å². The minimum absolute atomic E-state index is 0.156. The van der Waals surface area contributed by atoms with Gasteiger partial charge in [0.15, 0.2) is 0 Å². The summed E-state index contributed by atoms with van der Waals surface area (Å²) in [6, 6.07) is 17.8. The molecule has 4 rings (SSSR count). The first-order valence-electron chi connectivity index (χ1n) is 10.1. The molecule has 0 atom stereocenters. The van der Waals surface area contributed by atoms with E-state index >= 15 is 0 Å². The van der Waals surface area contributed by atoms with Gasteiger partial charge in [0, 0.05) is 19.0 Å². The lowest BCUT2D eigenvalue weighted by atomic mass is 10.1. The first-order chi connectivity index (χ1) is 15.5. The van der Waals surface area contributed by atoms with Crippen LogP contribution in [0.15, 0.2) is 72.0 Å². The van der Waals surface area contributed by atoms with Crippen molar-refractivity contribution in [1.29, 1.82) is 0 Å². The minimum atomic E-state index is -0.414. The number of aryl methyl sites for hydroxylation is 1. The standard InChI is InChI=1S/C24H22N4O4/c1-16-5-3-6-17(15-16)28-22(29)13-12-20(27-28)23(30)26-21-7-4-14-25-24(21)32-19-10-8-18(31-2)9-11-19/h3-11,14-15H,12-13H2,1-2H3,(H,26,30). The van der Waals surface area contributed by atoms with Crippen LogP contribution in [-0.4, -0.2) is 29.6 Å². The topological polar surface area (TPSA) is 93.1 Å². The molecule has 0 saturated heterocycles. The molecule has 32 heavy (non-hydrogen) atoms. The second-order valence-electron chi connectivity index (χ2n) is 7.18. The summed E-state index contributed by atoms with van der Waals surface area (Å²) in [6.07, 6.45) is 2.02. The Morgan fingerprint density at radius 3 is 2.56 bits per heavy atom. The molecule has 1 aromatic heterocycles. The van der Waals surface area contributed by atoms with Gasteiger partial charge in [-0.1, -0.05) is 12.1 Å². The first kappa shape index (κ1) is 21.0. The molecule has 2 aromatic carbocycles. The van der Waals surface area contributed by atoms with Gasteiger partial charge in [-0.2, -0.15) is 5.10 Å². The number of rotatable bonds is 6. The van der Waals surface area contributed by atoms with Crippen LogP contribution >= 0.6 is 0 Å². The van der Waals surface area contributed by atoms with Crippen LogP contribution in [0.5, 0.6) is 17.4 Å². The number of hydrogen-bond donors (Lipinski definition) is 1. The fraction of sp³-hybridized carbons (Fsp3) is 0.167. The highest BCUT2D eigenvalue weighted by atomic mass is 16.5. The van der Waals surface area contributed by atoms with Gasteiger partial charge < -0.3 is 14.8 Å². The maximum atomic E-state index is 12.9. The number of carbonyl (C=O) groups excluding carboxylic acids is 2. The number of anilines is 2. The Kier molecular flexibility index (Phi) is 6.12. The highest BCUT2D eigenvalue weighted by Crippen LogP contribution is 2.28. The first-order valence-corrected chi connectivity index (χ1v) is 10.1. The molecule has 2 amide bonds. The lowest BCUT2D eigenvalue weighted by molar-refractivity contribution is -0.118. The molecule has 162 valence electrons. The van der Waals surface area contributed by atoms with E-state index in [9.17, 15) is 9.59 Å². The van der Waals surface area contributed by atoms with Crippen LogP contribution in [0.1, 0.15) is 18.4 Å². The van der Waals surface area contributed by atoms with Crippen molar-refractivity contribution in [3.63, 3.8) is 0 Å². The smallest absolute Gasteiger partial charge is 0.272 e. The number of aromatic nitrogens is 1. The van der Waals surface area contributed by atoms with E-state index in [-0.39, 0.29) is 30.3 Å². The van der Waals surface area contributed by atoms with Crippen molar-refractivity contribution < 1.29 is 19.1 Å². The second-order valence-corrected chi connectivity index (χ2v) is 7.18. The van der Waals surface area contributed by atoms with E-state index in [1.807, 2.05) is 25.1 Å². The number of ether oxygens (including phenoxy) is 2. The average molecular weight is 430 g/mol. The molecular weight excluding hydrogens is 408 g/mol. The van der Waals surface area contributed by atoms with Crippen LogP contribution < -0.4 is 19.8 Å². The SMILES string of the molecule is COc1ccc(Oc2ncccc2NC(=O)C2=NN(c3cccc(C)c3)C(=O)CC2)cc1. The van der Waals surface area contributed by atoms with E-state index in [1.54, 1.807) is 55.8 Å². The molecule has 8 nitrogen and oxygen atoms in total. The Morgan fingerprint density at radius 1 is 1.03 bits per heavy atom. The molecule has 0 spiro atoms. The summed E-state index contributed by atoms with van der Waals surface area (Å²) in [5.74, 6) is 0.926. The van der Waals surface area contributed by atoms with Crippen molar-refractivity contribution in [2.45, 2.75) is 19.8 Å². The van der Waals surface area contributed by atoms with Crippen LogP contribution in [0, 0.1) is 6.92 Å². The minimum Gasteiger partial charge on any atom is -0.497 e. The summed E-state index contributed by atoms with van der Waals surface area (Å²) >= 11 is 0. The number of nitrogens with one attached hydrogen (secondary N) is 1.